The maximum atomic E-state index is 11.9. The molecule has 2 rings (SSSR count). The summed E-state index contributed by atoms with van der Waals surface area (Å²) in [5.41, 5.74) is 5.34. The fourth-order valence-corrected chi connectivity index (χ4v) is 1.83. The number of furan rings is 1. The molecular weight excluding hydrogens is 204 g/mol. The van der Waals surface area contributed by atoms with Crippen LogP contribution >= 0.6 is 0 Å². The molecule has 1 aromatic rings. The Balaban J connectivity index is 1.83. The molecular formula is C12H18N2O2. The molecule has 1 saturated carbocycles. The first-order valence-corrected chi connectivity index (χ1v) is 5.70. The van der Waals surface area contributed by atoms with Gasteiger partial charge in [0.25, 0.3) is 0 Å². The zero-order valence-corrected chi connectivity index (χ0v) is 9.53. The van der Waals surface area contributed by atoms with Gasteiger partial charge < -0.3 is 15.5 Å². The molecule has 0 radical (unpaired) electrons. The minimum atomic E-state index is -0.266. The summed E-state index contributed by atoms with van der Waals surface area (Å²) in [6, 6.07) is 3.85. The Kier molecular flexibility index (Phi) is 3.01. The van der Waals surface area contributed by atoms with Crippen molar-refractivity contribution in [2.24, 2.45) is 11.1 Å². The van der Waals surface area contributed by atoms with Crippen LogP contribution in [0.15, 0.2) is 22.8 Å². The Morgan fingerprint density at radius 2 is 2.44 bits per heavy atom. The predicted octanol–water partition coefficient (Wildman–Crippen LogP) is 1.07. The Morgan fingerprint density at radius 1 is 1.69 bits per heavy atom. The largest absolute Gasteiger partial charge is 0.469 e. The number of carbonyl (C=O) groups excluding carboxylic acids is 1. The number of rotatable bonds is 5. The fourth-order valence-electron chi connectivity index (χ4n) is 1.83. The molecule has 0 aromatic carbocycles. The molecule has 4 heteroatoms. The Labute approximate surface area is 95.2 Å². The molecule has 1 amide bonds. The highest BCUT2D eigenvalue weighted by atomic mass is 16.3. The SMILES string of the molecule is CC(Cc1ccco1)NC(=O)C1(CN)CC1. The second-order valence-corrected chi connectivity index (χ2v) is 4.64. The van der Waals surface area contributed by atoms with Crippen LogP contribution < -0.4 is 11.1 Å². The van der Waals surface area contributed by atoms with Gasteiger partial charge in [-0.25, -0.2) is 0 Å². The number of nitrogens with two attached hydrogens (primary N) is 1. The topological polar surface area (TPSA) is 68.3 Å². The van der Waals surface area contributed by atoms with Crippen LogP contribution in [0.1, 0.15) is 25.5 Å². The lowest BCUT2D eigenvalue weighted by molar-refractivity contribution is -0.126. The fraction of sp³-hybridized carbons (Fsp3) is 0.583. The van der Waals surface area contributed by atoms with E-state index in [1.165, 1.54) is 0 Å². The van der Waals surface area contributed by atoms with Gasteiger partial charge in [-0.15, -0.1) is 0 Å². The van der Waals surface area contributed by atoms with E-state index in [1.54, 1.807) is 6.26 Å². The highest BCUT2D eigenvalue weighted by Gasteiger charge is 2.48. The summed E-state index contributed by atoms with van der Waals surface area (Å²) in [4.78, 5) is 11.9. The first-order chi connectivity index (χ1) is 7.66. The first-order valence-electron chi connectivity index (χ1n) is 5.70. The minimum Gasteiger partial charge on any atom is -0.469 e. The van der Waals surface area contributed by atoms with E-state index in [0.29, 0.717) is 6.54 Å². The summed E-state index contributed by atoms with van der Waals surface area (Å²) < 4.78 is 5.24. The van der Waals surface area contributed by atoms with E-state index >= 15 is 0 Å². The molecule has 0 bridgehead atoms. The van der Waals surface area contributed by atoms with Crippen molar-refractivity contribution in [2.45, 2.75) is 32.2 Å². The lowest BCUT2D eigenvalue weighted by atomic mass is 10.1. The second kappa shape index (κ2) is 4.29. The van der Waals surface area contributed by atoms with Crippen molar-refractivity contribution in [3.05, 3.63) is 24.2 Å². The minimum absolute atomic E-state index is 0.0858. The van der Waals surface area contributed by atoms with Crippen molar-refractivity contribution in [1.82, 2.24) is 5.32 Å². The van der Waals surface area contributed by atoms with Crippen LogP contribution in [0, 0.1) is 5.41 Å². The molecule has 0 spiro atoms. The predicted molar refractivity (Wildman–Crippen MR) is 60.7 cm³/mol. The summed E-state index contributed by atoms with van der Waals surface area (Å²) >= 11 is 0. The lowest BCUT2D eigenvalue weighted by Gasteiger charge is -2.17. The average molecular weight is 222 g/mol. The van der Waals surface area contributed by atoms with E-state index in [4.69, 9.17) is 10.2 Å². The molecule has 1 aromatic heterocycles. The van der Waals surface area contributed by atoms with Crippen molar-refractivity contribution in [3.8, 4) is 0 Å². The number of hydrogen-bond donors (Lipinski definition) is 2. The van der Waals surface area contributed by atoms with Gasteiger partial charge in [-0.05, 0) is 31.9 Å². The van der Waals surface area contributed by atoms with Gasteiger partial charge in [0, 0.05) is 19.0 Å². The van der Waals surface area contributed by atoms with Gasteiger partial charge >= 0.3 is 0 Å². The van der Waals surface area contributed by atoms with Gasteiger partial charge in [0.1, 0.15) is 5.76 Å². The molecule has 4 nitrogen and oxygen atoms in total. The Bertz CT molecular complexity index is 355. The van der Waals surface area contributed by atoms with Gasteiger partial charge in [-0.1, -0.05) is 0 Å². The van der Waals surface area contributed by atoms with Crippen molar-refractivity contribution in [3.63, 3.8) is 0 Å². The third-order valence-electron chi connectivity index (χ3n) is 3.19. The molecule has 1 heterocycles. The molecule has 16 heavy (non-hydrogen) atoms. The third-order valence-corrected chi connectivity index (χ3v) is 3.19. The Morgan fingerprint density at radius 3 is 2.94 bits per heavy atom. The maximum absolute atomic E-state index is 11.9. The Hall–Kier alpha value is -1.29. The van der Waals surface area contributed by atoms with E-state index < -0.39 is 0 Å². The summed E-state index contributed by atoms with van der Waals surface area (Å²) in [7, 11) is 0. The quantitative estimate of drug-likeness (QED) is 0.783. The van der Waals surface area contributed by atoms with Gasteiger partial charge in [0.15, 0.2) is 0 Å². The normalized spacial score (nSPS) is 19.1. The van der Waals surface area contributed by atoms with Gasteiger partial charge in [-0.2, -0.15) is 0 Å². The van der Waals surface area contributed by atoms with Crippen LogP contribution in [0.3, 0.4) is 0 Å². The second-order valence-electron chi connectivity index (χ2n) is 4.64. The number of amides is 1. The average Bonchev–Trinajstić information content (AvgIpc) is 2.91. The van der Waals surface area contributed by atoms with Crippen LogP contribution in [0.5, 0.6) is 0 Å². The standard InChI is InChI=1S/C12H18N2O2/c1-9(7-10-3-2-6-16-10)14-11(15)12(8-13)4-5-12/h2-3,6,9H,4-5,7-8,13H2,1H3,(H,14,15). The van der Waals surface area contributed by atoms with E-state index in [-0.39, 0.29) is 17.4 Å². The summed E-state index contributed by atoms with van der Waals surface area (Å²) in [5, 5.41) is 2.99. The van der Waals surface area contributed by atoms with Crippen LogP contribution in [-0.4, -0.2) is 18.5 Å². The first kappa shape index (κ1) is 11.2. The van der Waals surface area contributed by atoms with Crippen LogP contribution in [-0.2, 0) is 11.2 Å². The molecule has 1 fully saturated rings. The van der Waals surface area contributed by atoms with Crippen LogP contribution in [0.4, 0.5) is 0 Å². The van der Waals surface area contributed by atoms with E-state index in [1.807, 2.05) is 19.1 Å². The van der Waals surface area contributed by atoms with E-state index in [9.17, 15) is 4.79 Å². The van der Waals surface area contributed by atoms with Crippen LogP contribution in [0.25, 0.3) is 0 Å². The molecule has 0 aliphatic heterocycles. The van der Waals surface area contributed by atoms with Crippen molar-refractivity contribution >= 4 is 5.91 Å². The maximum Gasteiger partial charge on any atom is 0.227 e. The zero-order chi connectivity index (χ0) is 11.6. The van der Waals surface area contributed by atoms with Crippen molar-refractivity contribution in [2.75, 3.05) is 6.54 Å². The summed E-state index contributed by atoms with van der Waals surface area (Å²) in [6.07, 6.45) is 4.21. The van der Waals surface area contributed by atoms with Crippen molar-refractivity contribution in [1.29, 1.82) is 0 Å². The smallest absolute Gasteiger partial charge is 0.227 e. The van der Waals surface area contributed by atoms with E-state index in [2.05, 4.69) is 5.32 Å². The number of carbonyl (C=O) groups is 1. The van der Waals surface area contributed by atoms with E-state index in [0.717, 1.165) is 25.0 Å². The molecule has 1 unspecified atom stereocenters. The van der Waals surface area contributed by atoms with Gasteiger partial charge in [-0.3, -0.25) is 4.79 Å². The van der Waals surface area contributed by atoms with Gasteiger partial charge in [0.05, 0.1) is 11.7 Å². The van der Waals surface area contributed by atoms with Crippen molar-refractivity contribution < 1.29 is 9.21 Å². The molecule has 1 atom stereocenters. The van der Waals surface area contributed by atoms with Crippen LogP contribution in [0.2, 0.25) is 0 Å². The number of nitrogens with one attached hydrogen (secondary N) is 1. The monoisotopic (exact) mass is 222 g/mol. The lowest BCUT2D eigenvalue weighted by Crippen LogP contribution is -2.42. The highest BCUT2D eigenvalue weighted by Crippen LogP contribution is 2.44. The highest BCUT2D eigenvalue weighted by molar-refractivity contribution is 5.85. The molecule has 1 aliphatic carbocycles. The summed E-state index contributed by atoms with van der Waals surface area (Å²) in [6.45, 7) is 2.43. The third kappa shape index (κ3) is 2.27. The molecule has 3 N–H and O–H groups in total. The zero-order valence-electron chi connectivity index (χ0n) is 9.53. The number of hydrogen-bond acceptors (Lipinski definition) is 3. The molecule has 0 saturated heterocycles. The molecule has 1 aliphatic rings. The van der Waals surface area contributed by atoms with Gasteiger partial charge in [0.2, 0.25) is 5.91 Å². The molecule has 88 valence electrons. The summed E-state index contributed by atoms with van der Waals surface area (Å²) in [5.74, 6) is 0.986.